The Balaban J connectivity index is 1.95. The van der Waals surface area contributed by atoms with Crippen LogP contribution in [0.2, 0.25) is 5.02 Å². The topological polar surface area (TPSA) is 32.3 Å². The van der Waals surface area contributed by atoms with Gasteiger partial charge in [-0.25, -0.2) is 4.39 Å². The Bertz CT molecular complexity index is 690. The van der Waals surface area contributed by atoms with Crippen LogP contribution in [-0.2, 0) is 11.3 Å². The van der Waals surface area contributed by atoms with E-state index < -0.39 is 0 Å². The fourth-order valence-electron chi connectivity index (χ4n) is 2.40. The minimum atomic E-state index is -0.316. The smallest absolute Gasteiger partial charge is 0.237 e. The number of hydrogen-bond acceptors (Lipinski definition) is 2. The lowest BCUT2D eigenvalue weighted by atomic mass is 10.1. The van der Waals surface area contributed by atoms with E-state index in [1.165, 1.54) is 12.1 Å². The molecule has 1 N–H and O–H groups in total. The third-order valence-corrected chi connectivity index (χ3v) is 4.52. The van der Waals surface area contributed by atoms with Crippen molar-refractivity contribution < 1.29 is 9.18 Å². The van der Waals surface area contributed by atoms with Crippen LogP contribution in [0.5, 0.6) is 0 Å². The lowest BCUT2D eigenvalue weighted by Crippen LogP contribution is -2.43. The first kappa shape index (κ1) is 18.4. The Hall–Kier alpha value is -1.91. The van der Waals surface area contributed by atoms with Gasteiger partial charge in [0.1, 0.15) is 5.82 Å². The average Bonchev–Trinajstić information content (AvgIpc) is 2.56. The van der Waals surface area contributed by atoms with Crippen LogP contribution in [-0.4, -0.2) is 23.9 Å². The zero-order chi connectivity index (χ0) is 17.7. The van der Waals surface area contributed by atoms with Gasteiger partial charge in [-0.05, 0) is 50.2 Å². The number of amides is 1. The van der Waals surface area contributed by atoms with Gasteiger partial charge in [0.2, 0.25) is 5.91 Å². The van der Waals surface area contributed by atoms with E-state index in [0.29, 0.717) is 11.6 Å². The molecule has 0 aliphatic heterocycles. The number of nitrogens with zero attached hydrogens (tertiary/aromatic N) is 1. The molecular formula is C19H22ClFN2O. The van der Waals surface area contributed by atoms with Gasteiger partial charge < -0.3 is 5.32 Å². The summed E-state index contributed by atoms with van der Waals surface area (Å²) in [6.45, 7) is 4.31. The first-order valence-corrected chi connectivity index (χ1v) is 8.25. The third-order valence-electron chi connectivity index (χ3n) is 4.15. The van der Waals surface area contributed by atoms with Crippen molar-refractivity contribution in [2.24, 2.45) is 0 Å². The molecule has 0 spiro atoms. The van der Waals surface area contributed by atoms with E-state index in [4.69, 9.17) is 11.6 Å². The summed E-state index contributed by atoms with van der Waals surface area (Å²) in [5.41, 5.74) is 1.85. The molecule has 24 heavy (non-hydrogen) atoms. The van der Waals surface area contributed by atoms with Crippen LogP contribution in [0.1, 0.15) is 31.0 Å². The molecule has 128 valence electrons. The molecule has 2 rings (SSSR count). The highest BCUT2D eigenvalue weighted by Gasteiger charge is 2.20. The van der Waals surface area contributed by atoms with E-state index in [0.717, 1.165) is 11.1 Å². The number of halogens is 2. The number of rotatable bonds is 6. The van der Waals surface area contributed by atoms with E-state index in [1.807, 2.05) is 50.1 Å². The van der Waals surface area contributed by atoms with Crippen molar-refractivity contribution >= 4 is 17.5 Å². The number of nitrogens with one attached hydrogen (secondary N) is 1. The van der Waals surface area contributed by atoms with Crippen LogP contribution >= 0.6 is 11.6 Å². The minimum absolute atomic E-state index is 0.0821. The quantitative estimate of drug-likeness (QED) is 0.849. The fraction of sp³-hybridized carbons (Fsp3) is 0.316. The van der Waals surface area contributed by atoms with Gasteiger partial charge in [-0.15, -0.1) is 0 Å². The summed E-state index contributed by atoms with van der Waals surface area (Å²) in [7, 11) is 1.89. The van der Waals surface area contributed by atoms with Gasteiger partial charge in [-0.2, -0.15) is 0 Å². The summed E-state index contributed by atoms with van der Waals surface area (Å²) in [5, 5.41) is 3.65. The molecule has 0 saturated carbocycles. The van der Waals surface area contributed by atoms with Crippen LogP contribution in [0.3, 0.4) is 0 Å². The van der Waals surface area contributed by atoms with Crippen LogP contribution < -0.4 is 5.32 Å². The molecule has 5 heteroatoms. The molecule has 0 aliphatic rings. The lowest BCUT2D eigenvalue weighted by molar-refractivity contribution is -0.126. The molecule has 0 saturated heterocycles. The van der Waals surface area contributed by atoms with Crippen LogP contribution in [0.15, 0.2) is 48.5 Å². The second kappa shape index (κ2) is 8.27. The molecule has 0 aliphatic carbocycles. The van der Waals surface area contributed by atoms with E-state index in [1.54, 1.807) is 12.1 Å². The Labute approximate surface area is 147 Å². The maximum Gasteiger partial charge on any atom is 0.237 e. The van der Waals surface area contributed by atoms with E-state index in [2.05, 4.69) is 5.32 Å². The van der Waals surface area contributed by atoms with Crippen LogP contribution in [0, 0.1) is 5.82 Å². The molecule has 2 aromatic carbocycles. The fourth-order valence-corrected chi connectivity index (χ4v) is 2.60. The van der Waals surface area contributed by atoms with Gasteiger partial charge in [0.15, 0.2) is 0 Å². The normalized spacial score (nSPS) is 13.6. The van der Waals surface area contributed by atoms with Crippen LogP contribution in [0.4, 0.5) is 4.39 Å². The van der Waals surface area contributed by atoms with Crippen molar-refractivity contribution in [3.05, 3.63) is 70.5 Å². The summed E-state index contributed by atoms with van der Waals surface area (Å²) in [6, 6.07) is 13.2. The third kappa shape index (κ3) is 4.79. The Morgan fingerprint density at radius 1 is 1.17 bits per heavy atom. The second-order valence-electron chi connectivity index (χ2n) is 5.96. The van der Waals surface area contributed by atoms with Crippen molar-refractivity contribution in [2.45, 2.75) is 32.5 Å². The minimum Gasteiger partial charge on any atom is -0.348 e. The monoisotopic (exact) mass is 348 g/mol. The Kier molecular flexibility index (Phi) is 6.35. The molecule has 3 nitrogen and oxygen atoms in total. The summed E-state index contributed by atoms with van der Waals surface area (Å²) in [4.78, 5) is 14.4. The zero-order valence-corrected chi connectivity index (χ0v) is 14.8. The first-order chi connectivity index (χ1) is 11.4. The molecule has 0 bridgehead atoms. The number of hydrogen-bond donors (Lipinski definition) is 1. The zero-order valence-electron chi connectivity index (χ0n) is 14.1. The van der Waals surface area contributed by atoms with Crippen molar-refractivity contribution in [2.75, 3.05) is 7.05 Å². The number of carbonyl (C=O) groups excluding carboxylic acids is 1. The largest absolute Gasteiger partial charge is 0.348 e. The van der Waals surface area contributed by atoms with Gasteiger partial charge in [-0.1, -0.05) is 41.9 Å². The maximum atomic E-state index is 13.0. The molecule has 0 fully saturated rings. The summed E-state index contributed by atoms with van der Waals surface area (Å²) < 4.78 is 13.0. The maximum absolute atomic E-state index is 13.0. The van der Waals surface area contributed by atoms with E-state index in [9.17, 15) is 9.18 Å². The van der Waals surface area contributed by atoms with Crippen molar-refractivity contribution in [1.82, 2.24) is 10.2 Å². The van der Waals surface area contributed by atoms with Crippen molar-refractivity contribution in [3.63, 3.8) is 0 Å². The second-order valence-corrected chi connectivity index (χ2v) is 6.37. The van der Waals surface area contributed by atoms with Gasteiger partial charge in [0.05, 0.1) is 12.1 Å². The van der Waals surface area contributed by atoms with Gasteiger partial charge in [-0.3, -0.25) is 9.69 Å². The standard InChI is InChI=1S/C19H22ClFN2O/c1-13(15-8-10-17(21)11-9-15)22-19(24)14(2)23(3)12-16-6-4-5-7-18(16)20/h4-11,13-14H,12H2,1-3H3,(H,22,24). The van der Waals surface area contributed by atoms with E-state index >= 15 is 0 Å². The predicted octanol–water partition coefficient (Wildman–Crippen LogP) is 4.18. The molecule has 1 amide bonds. The van der Waals surface area contributed by atoms with Gasteiger partial charge in [0, 0.05) is 11.6 Å². The lowest BCUT2D eigenvalue weighted by Gasteiger charge is -2.26. The number of carbonyl (C=O) groups is 1. The highest BCUT2D eigenvalue weighted by Crippen LogP contribution is 2.18. The molecule has 0 heterocycles. The molecule has 2 unspecified atom stereocenters. The van der Waals surface area contributed by atoms with Crippen LogP contribution in [0.25, 0.3) is 0 Å². The average molecular weight is 349 g/mol. The summed E-state index contributed by atoms with van der Waals surface area (Å²) >= 11 is 6.17. The van der Waals surface area contributed by atoms with Crippen molar-refractivity contribution in [1.29, 1.82) is 0 Å². The summed E-state index contributed by atoms with van der Waals surface area (Å²) in [6.07, 6.45) is 0. The highest BCUT2D eigenvalue weighted by molar-refractivity contribution is 6.31. The Morgan fingerprint density at radius 2 is 1.79 bits per heavy atom. The first-order valence-electron chi connectivity index (χ1n) is 7.88. The molecule has 2 atom stereocenters. The molecule has 0 radical (unpaired) electrons. The SMILES string of the molecule is CC(NC(=O)C(C)N(C)Cc1ccccc1Cl)c1ccc(F)cc1. The van der Waals surface area contributed by atoms with E-state index in [-0.39, 0.29) is 23.8 Å². The summed E-state index contributed by atoms with van der Waals surface area (Å²) in [5.74, 6) is -0.369. The molecule has 0 aromatic heterocycles. The van der Waals surface area contributed by atoms with Gasteiger partial charge in [0.25, 0.3) is 0 Å². The predicted molar refractivity (Wildman–Crippen MR) is 95.3 cm³/mol. The Morgan fingerprint density at radius 3 is 2.42 bits per heavy atom. The van der Waals surface area contributed by atoms with Gasteiger partial charge >= 0.3 is 0 Å². The molecular weight excluding hydrogens is 327 g/mol. The van der Waals surface area contributed by atoms with Crippen molar-refractivity contribution in [3.8, 4) is 0 Å². The highest BCUT2D eigenvalue weighted by atomic mass is 35.5. The molecule has 2 aromatic rings. The number of benzene rings is 2. The number of likely N-dealkylation sites (N-methyl/N-ethyl adjacent to an activating group) is 1.